The molecule has 84 valence electrons. The van der Waals surface area contributed by atoms with E-state index in [0.717, 1.165) is 12.8 Å². The van der Waals surface area contributed by atoms with Crippen LogP contribution in [0.25, 0.3) is 0 Å². The van der Waals surface area contributed by atoms with Gasteiger partial charge in [0.2, 0.25) is 10.0 Å². The zero-order valence-corrected chi connectivity index (χ0v) is 9.80. The van der Waals surface area contributed by atoms with Crippen molar-refractivity contribution in [3.63, 3.8) is 0 Å². The van der Waals surface area contributed by atoms with E-state index >= 15 is 0 Å². The number of hydrogen-bond acceptors (Lipinski definition) is 3. The summed E-state index contributed by atoms with van der Waals surface area (Å²) in [6, 6.07) is 0. The van der Waals surface area contributed by atoms with Crippen molar-refractivity contribution in [1.29, 1.82) is 0 Å². The molecule has 2 spiro atoms. The fourth-order valence-electron chi connectivity index (χ4n) is 4.59. The van der Waals surface area contributed by atoms with Gasteiger partial charge in [-0.15, -0.1) is 0 Å². The van der Waals surface area contributed by atoms with Gasteiger partial charge in [0.1, 0.15) is 0 Å². The molecule has 4 nitrogen and oxygen atoms in total. The highest BCUT2D eigenvalue weighted by molar-refractivity contribution is 7.89. The molecule has 2 bridgehead atoms. The Morgan fingerprint density at radius 3 is 2.67 bits per heavy atom. The van der Waals surface area contributed by atoms with Crippen molar-refractivity contribution in [2.45, 2.75) is 38.8 Å². The second-order valence-corrected chi connectivity index (χ2v) is 7.89. The summed E-state index contributed by atoms with van der Waals surface area (Å²) in [6.45, 7) is 4.44. The van der Waals surface area contributed by atoms with Gasteiger partial charge < -0.3 is 0 Å². The molecule has 0 amide bonds. The van der Waals surface area contributed by atoms with Gasteiger partial charge >= 0.3 is 0 Å². The third-order valence-electron chi connectivity index (χ3n) is 5.62. The Balaban J connectivity index is 1.99. The quantitative estimate of drug-likeness (QED) is 0.584. The molecule has 4 aliphatic rings. The summed E-state index contributed by atoms with van der Waals surface area (Å²) < 4.78 is 25.1. The maximum Gasteiger partial charge on any atom is 0.239 e. The van der Waals surface area contributed by atoms with Gasteiger partial charge in [-0.25, -0.2) is 8.42 Å². The zero-order chi connectivity index (χ0) is 10.7. The summed E-state index contributed by atoms with van der Waals surface area (Å²) in [5, 5.41) is 0. The molecule has 4 atom stereocenters. The molecule has 1 unspecified atom stereocenters. The summed E-state index contributed by atoms with van der Waals surface area (Å²) in [7, 11) is -3.12. The maximum atomic E-state index is 11.9. The monoisotopic (exact) mass is 229 g/mol. The van der Waals surface area contributed by atoms with E-state index < -0.39 is 15.7 Å². The summed E-state index contributed by atoms with van der Waals surface area (Å²) >= 11 is 0. The summed E-state index contributed by atoms with van der Waals surface area (Å²) in [4.78, 5) is 5.49. The third-order valence-corrected chi connectivity index (χ3v) is 7.35. The van der Waals surface area contributed by atoms with Crippen LogP contribution in [0.5, 0.6) is 0 Å². The Morgan fingerprint density at radius 2 is 2.13 bits per heavy atom. The van der Waals surface area contributed by atoms with Gasteiger partial charge in [-0.3, -0.25) is 4.84 Å². The van der Waals surface area contributed by atoms with Crippen molar-refractivity contribution in [3.05, 3.63) is 0 Å². The number of rotatable bonds is 0. The molecule has 2 aliphatic carbocycles. The summed E-state index contributed by atoms with van der Waals surface area (Å²) in [5.74, 6) is 0.946. The molecule has 0 aromatic carbocycles. The van der Waals surface area contributed by atoms with E-state index in [0.29, 0.717) is 11.7 Å². The second kappa shape index (κ2) is 1.89. The predicted octanol–water partition coefficient (Wildman–Crippen LogP) is 1.10. The van der Waals surface area contributed by atoms with Crippen LogP contribution in [0.2, 0.25) is 0 Å². The number of nitrogens with zero attached hydrogens (tertiary/aromatic N) is 1. The van der Waals surface area contributed by atoms with Crippen LogP contribution in [0.4, 0.5) is 0 Å². The van der Waals surface area contributed by atoms with Gasteiger partial charge in [-0.05, 0) is 35.1 Å². The van der Waals surface area contributed by atoms with Crippen molar-refractivity contribution < 1.29 is 13.3 Å². The fraction of sp³-hybridized carbons (Fsp3) is 1.00. The molecule has 2 heterocycles. The number of hydroxylamine groups is 1. The van der Waals surface area contributed by atoms with Gasteiger partial charge in [0.15, 0.2) is 5.72 Å². The molecule has 0 aromatic heterocycles. The van der Waals surface area contributed by atoms with Gasteiger partial charge in [0.05, 0.1) is 5.75 Å². The molecule has 0 radical (unpaired) electrons. The number of fused-ring (bicyclic) bond motifs is 1. The maximum absolute atomic E-state index is 11.9. The predicted molar refractivity (Wildman–Crippen MR) is 53.0 cm³/mol. The van der Waals surface area contributed by atoms with Crippen LogP contribution in [0.1, 0.15) is 33.1 Å². The third kappa shape index (κ3) is 0.626. The lowest BCUT2D eigenvalue weighted by atomic mass is 9.68. The molecule has 2 aliphatic heterocycles. The molecule has 15 heavy (non-hydrogen) atoms. The van der Waals surface area contributed by atoms with Gasteiger partial charge in [-0.2, -0.15) is 0 Å². The minimum Gasteiger partial charge on any atom is -0.255 e. The van der Waals surface area contributed by atoms with Gasteiger partial charge in [-0.1, -0.05) is 13.8 Å². The van der Waals surface area contributed by atoms with Crippen molar-refractivity contribution in [2.24, 2.45) is 16.7 Å². The first-order valence-corrected chi connectivity index (χ1v) is 7.19. The van der Waals surface area contributed by atoms with Crippen LogP contribution in [0.15, 0.2) is 0 Å². The first kappa shape index (κ1) is 8.96. The topological polar surface area (TPSA) is 49.7 Å². The molecule has 2 saturated heterocycles. The van der Waals surface area contributed by atoms with Gasteiger partial charge in [0, 0.05) is 5.41 Å². The molecular formula is C10H15NO3S. The lowest BCUT2D eigenvalue weighted by molar-refractivity contribution is 0.0724. The highest BCUT2D eigenvalue weighted by Gasteiger charge is 2.88. The average molecular weight is 229 g/mol. The van der Waals surface area contributed by atoms with Crippen molar-refractivity contribution in [3.8, 4) is 0 Å². The Labute approximate surface area is 89.6 Å². The minimum absolute atomic E-state index is 0.116. The molecule has 0 aromatic rings. The van der Waals surface area contributed by atoms with Gasteiger partial charge in [0.25, 0.3) is 0 Å². The Kier molecular flexibility index (Phi) is 1.13. The first-order valence-electron chi connectivity index (χ1n) is 5.58. The average Bonchev–Trinajstić information content (AvgIpc) is 2.70. The largest absolute Gasteiger partial charge is 0.255 e. The summed E-state index contributed by atoms with van der Waals surface area (Å²) in [6.07, 6.45) is 3.10. The van der Waals surface area contributed by atoms with E-state index in [1.807, 2.05) is 0 Å². The van der Waals surface area contributed by atoms with Crippen LogP contribution < -0.4 is 0 Å². The zero-order valence-electron chi connectivity index (χ0n) is 8.99. The molecule has 4 fully saturated rings. The number of hydrogen-bond donors (Lipinski definition) is 0. The lowest BCUT2D eigenvalue weighted by Crippen LogP contribution is -2.41. The molecule has 0 N–H and O–H groups in total. The molecule has 5 heteroatoms. The highest BCUT2D eigenvalue weighted by atomic mass is 32.2. The van der Waals surface area contributed by atoms with Crippen molar-refractivity contribution >= 4 is 10.0 Å². The normalized spacial score (nSPS) is 61.5. The van der Waals surface area contributed by atoms with Crippen LogP contribution in [-0.2, 0) is 14.9 Å². The minimum atomic E-state index is -3.12. The van der Waals surface area contributed by atoms with Crippen molar-refractivity contribution in [2.75, 3.05) is 5.75 Å². The van der Waals surface area contributed by atoms with E-state index in [1.165, 1.54) is 10.9 Å². The highest BCUT2D eigenvalue weighted by Crippen LogP contribution is 2.80. The fourth-order valence-corrected chi connectivity index (χ4v) is 7.01. The SMILES string of the molecule is CC1(C)[C@@H]2CC[C@]13CS(=O)(=O)N1O[C@]13C2. The van der Waals surface area contributed by atoms with E-state index in [1.54, 1.807) is 0 Å². The van der Waals surface area contributed by atoms with Crippen molar-refractivity contribution in [1.82, 2.24) is 4.47 Å². The van der Waals surface area contributed by atoms with Crippen LogP contribution in [0.3, 0.4) is 0 Å². The summed E-state index contributed by atoms with van der Waals surface area (Å²) in [5.41, 5.74) is -0.424. The Bertz CT molecular complexity index is 471. The smallest absolute Gasteiger partial charge is 0.239 e. The van der Waals surface area contributed by atoms with Crippen LogP contribution in [-0.4, -0.2) is 24.4 Å². The van der Waals surface area contributed by atoms with Crippen LogP contribution >= 0.6 is 0 Å². The van der Waals surface area contributed by atoms with E-state index in [-0.39, 0.29) is 10.8 Å². The molecule has 4 rings (SSSR count). The number of sulfonamides is 1. The van der Waals surface area contributed by atoms with E-state index in [4.69, 9.17) is 4.84 Å². The second-order valence-electron chi connectivity index (χ2n) is 6.10. The molecule has 2 saturated carbocycles. The Hall–Kier alpha value is -0.130. The van der Waals surface area contributed by atoms with Crippen LogP contribution in [0, 0.1) is 16.7 Å². The Morgan fingerprint density at radius 1 is 1.40 bits per heavy atom. The first-order chi connectivity index (χ1) is 6.86. The van der Waals surface area contributed by atoms with E-state index in [9.17, 15) is 8.42 Å². The standard InChI is InChI=1S/C10H15NO3S/c1-8(2)7-3-4-9(8)6-15(12,13)11-10(9,5-7)14-11/h7H,3-6H2,1-2H3/t7-,9+,10+,11?/m1/s1. The lowest BCUT2D eigenvalue weighted by Gasteiger charge is -2.36. The van der Waals surface area contributed by atoms with E-state index in [2.05, 4.69) is 13.8 Å². The molecular weight excluding hydrogens is 214 g/mol.